The first-order valence-electron chi connectivity index (χ1n) is 10.2. The smallest absolute Gasteiger partial charge is 0.297 e. The molecular formula is C21H24FN5O4. The molecule has 2 amide bonds. The number of halogens is 1. The van der Waals surface area contributed by atoms with Crippen LogP contribution >= 0.6 is 0 Å². The second-order valence-corrected chi connectivity index (χ2v) is 8.06. The maximum Gasteiger partial charge on any atom is 0.297 e. The van der Waals surface area contributed by atoms with Gasteiger partial charge >= 0.3 is 0 Å². The Morgan fingerprint density at radius 3 is 2.52 bits per heavy atom. The fourth-order valence-electron chi connectivity index (χ4n) is 4.22. The van der Waals surface area contributed by atoms with E-state index >= 15 is 0 Å². The standard InChI is InChI=1S/C21H24FN5O4/c1-26-18(30)16(28)15(17(29)24-12-13-2-4-14(22)5-3-13)25-20(26)27-10-7-21(8-11-27)6-9-23-19(21)31/h2-5,28H,6-12H2,1H3,(H,23,31)(H,24,29). The highest BCUT2D eigenvalue weighted by molar-refractivity contribution is 5.95. The molecule has 0 aliphatic carbocycles. The van der Waals surface area contributed by atoms with Gasteiger partial charge in [-0.1, -0.05) is 12.1 Å². The largest absolute Gasteiger partial charge is 0.501 e. The zero-order chi connectivity index (χ0) is 22.2. The summed E-state index contributed by atoms with van der Waals surface area (Å²) < 4.78 is 14.2. The van der Waals surface area contributed by atoms with Crippen molar-refractivity contribution >= 4 is 17.8 Å². The number of aromatic hydroxyl groups is 1. The number of carbonyl (C=O) groups is 2. The Morgan fingerprint density at radius 1 is 1.23 bits per heavy atom. The monoisotopic (exact) mass is 429 g/mol. The van der Waals surface area contributed by atoms with Gasteiger partial charge in [-0.2, -0.15) is 0 Å². The summed E-state index contributed by atoms with van der Waals surface area (Å²) in [4.78, 5) is 43.5. The van der Waals surface area contributed by atoms with Gasteiger partial charge in [0.1, 0.15) is 5.82 Å². The molecule has 2 aromatic rings. The summed E-state index contributed by atoms with van der Waals surface area (Å²) in [6.45, 7) is 1.78. The van der Waals surface area contributed by atoms with E-state index in [4.69, 9.17) is 0 Å². The van der Waals surface area contributed by atoms with Gasteiger partial charge in [0, 0.05) is 33.2 Å². The molecule has 1 spiro atoms. The molecule has 9 nitrogen and oxygen atoms in total. The van der Waals surface area contributed by atoms with Crippen LogP contribution in [0.3, 0.4) is 0 Å². The second kappa shape index (κ2) is 8.01. The summed E-state index contributed by atoms with van der Waals surface area (Å²) in [5.41, 5.74) is -0.800. The summed E-state index contributed by atoms with van der Waals surface area (Å²) in [5, 5.41) is 15.7. The molecule has 4 rings (SSSR count). The molecule has 3 heterocycles. The average Bonchev–Trinajstić information content (AvgIpc) is 3.12. The molecule has 1 aromatic heterocycles. The highest BCUT2D eigenvalue weighted by Gasteiger charge is 2.44. The van der Waals surface area contributed by atoms with Crippen LogP contribution in [0, 0.1) is 11.2 Å². The van der Waals surface area contributed by atoms with Crippen LogP contribution in [0.2, 0.25) is 0 Å². The van der Waals surface area contributed by atoms with Crippen LogP contribution in [0.4, 0.5) is 10.3 Å². The Hall–Kier alpha value is -3.43. The summed E-state index contributed by atoms with van der Waals surface area (Å²) >= 11 is 0. The zero-order valence-corrected chi connectivity index (χ0v) is 17.2. The van der Waals surface area contributed by atoms with Gasteiger partial charge in [0.25, 0.3) is 11.5 Å². The zero-order valence-electron chi connectivity index (χ0n) is 17.2. The van der Waals surface area contributed by atoms with Crippen molar-refractivity contribution in [3.05, 3.63) is 51.7 Å². The normalized spacial score (nSPS) is 17.6. The number of hydrogen-bond donors (Lipinski definition) is 3. The second-order valence-electron chi connectivity index (χ2n) is 8.06. The molecule has 2 aliphatic heterocycles. The topological polar surface area (TPSA) is 117 Å². The summed E-state index contributed by atoms with van der Waals surface area (Å²) in [5.74, 6) is -1.48. The van der Waals surface area contributed by atoms with E-state index in [0.717, 1.165) is 6.42 Å². The minimum absolute atomic E-state index is 0.0700. The summed E-state index contributed by atoms with van der Waals surface area (Å²) in [7, 11) is 1.48. The molecule has 2 aliphatic rings. The molecule has 2 saturated heterocycles. The van der Waals surface area contributed by atoms with E-state index in [1.165, 1.54) is 35.9 Å². The van der Waals surface area contributed by atoms with Gasteiger partial charge in [-0.25, -0.2) is 9.37 Å². The average molecular weight is 429 g/mol. The van der Waals surface area contributed by atoms with Gasteiger partial charge in [-0.05, 0) is 37.0 Å². The van der Waals surface area contributed by atoms with Gasteiger partial charge in [0.2, 0.25) is 17.6 Å². The Bertz CT molecular complexity index is 1070. The van der Waals surface area contributed by atoms with Crippen molar-refractivity contribution in [2.75, 3.05) is 24.5 Å². The molecule has 2 fully saturated rings. The van der Waals surface area contributed by atoms with Crippen molar-refractivity contribution in [1.82, 2.24) is 20.2 Å². The number of rotatable bonds is 4. The number of hydrogen-bond acceptors (Lipinski definition) is 6. The first-order valence-corrected chi connectivity index (χ1v) is 10.2. The van der Waals surface area contributed by atoms with Crippen LogP contribution in [0.25, 0.3) is 0 Å². The van der Waals surface area contributed by atoms with Crippen LogP contribution in [0.5, 0.6) is 5.75 Å². The lowest BCUT2D eigenvalue weighted by Crippen LogP contribution is -2.46. The number of piperidine rings is 1. The molecular weight excluding hydrogens is 405 g/mol. The SMILES string of the molecule is Cn1c(N2CCC3(CCNC3=O)CC2)nc(C(=O)NCc2ccc(F)cc2)c(O)c1=O. The van der Waals surface area contributed by atoms with Gasteiger partial charge in [-0.15, -0.1) is 0 Å². The van der Waals surface area contributed by atoms with Crippen molar-refractivity contribution in [2.45, 2.75) is 25.8 Å². The predicted octanol–water partition coefficient (Wildman–Crippen LogP) is 0.661. The van der Waals surface area contributed by atoms with E-state index in [0.29, 0.717) is 38.0 Å². The Kier molecular flexibility index (Phi) is 5.38. The van der Waals surface area contributed by atoms with Crippen molar-refractivity contribution < 1.29 is 19.1 Å². The van der Waals surface area contributed by atoms with E-state index in [1.807, 2.05) is 4.90 Å². The van der Waals surface area contributed by atoms with Crippen LogP contribution < -0.4 is 21.1 Å². The van der Waals surface area contributed by atoms with E-state index in [1.54, 1.807) is 0 Å². The van der Waals surface area contributed by atoms with Crippen LogP contribution in [-0.2, 0) is 18.4 Å². The number of anilines is 1. The van der Waals surface area contributed by atoms with Crippen molar-refractivity contribution in [3.63, 3.8) is 0 Å². The lowest BCUT2D eigenvalue weighted by Gasteiger charge is -2.38. The number of nitrogens with zero attached hydrogens (tertiary/aromatic N) is 3. The molecule has 0 bridgehead atoms. The van der Waals surface area contributed by atoms with Crippen LogP contribution in [0.1, 0.15) is 35.3 Å². The van der Waals surface area contributed by atoms with Gasteiger partial charge in [-0.3, -0.25) is 19.0 Å². The Labute approximate surface area is 177 Å². The Morgan fingerprint density at radius 2 is 1.90 bits per heavy atom. The van der Waals surface area contributed by atoms with E-state index < -0.39 is 17.2 Å². The minimum Gasteiger partial charge on any atom is -0.501 e. The molecule has 3 N–H and O–H groups in total. The predicted molar refractivity (Wildman–Crippen MR) is 110 cm³/mol. The van der Waals surface area contributed by atoms with Crippen molar-refractivity contribution in [2.24, 2.45) is 12.5 Å². The van der Waals surface area contributed by atoms with Gasteiger partial charge < -0.3 is 20.6 Å². The van der Waals surface area contributed by atoms with E-state index in [-0.39, 0.29) is 35.3 Å². The number of aromatic nitrogens is 2. The van der Waals surface area contributed by atoms with E-state index in [2.05, 4.69) is 15.6 Å². The third kappa shape index (κ3) is 3.85. The highest BCUT2D eigenvalue weighted by Crippen LogP contribution is 2.38. The summed E-state index contributed by atoms with van der Waals surface area (Å²) in [6.07, 6.45) is 2.04. The highest BCUT2D eigenvalue weighted by atomic mass is 19.1. The van der Waals surface area contributed by atoms with Gasteiger partial charge in [0.05, 0.1) is 5.41 Å². The van der Waals surface area contributed by atoms with E-state index in [9.17, 15) is 23.9 Å². The van der Waals surface area contributed by atoms with Crippen LogP contribution in [-0.4, -0.2) is 46.1 Å². The van der Waals surface area contributed by atoms with Crippen molar-refractivity contribution in [1.29, 1.82) is 0 Å². The number of carbonyl (C=O) groups excluding carboxylic acids is 2. The molecule has 0 saturated carbocycles. The summed E-state index contributed by atoms with van der Waals surface area (Å²) in [6, 6.07) is 5.62. The number of amides is 2. The molecule has 0 radical (unpaired) electrons. The molecule has 0 unspecified atom stereocenters. The Balaban J connectivity index is 1.53. The number of benzene rings is 1. The molecule has 1 aromatic carbocycles. The maximum absolute atomic E-state index is 13.0. The number of nitrogens with one attached hydrogen (secondary N) is 2. The van der Waals surface area contributed by atoms with Crippen LogP contribution in [0.15, 0.2) is 29.1 Å². The third-order valence-corrected chi connectivity index (χ3v) is 6.20. The van der Waals surface area contributed by atoms with Gasteiger partial charge in [0.15, 0.2) is 5.69 Å². The quantitative estimate of drug-likeness (QED) is 0.658. The fourth-order valence-corrected chi connectivity index (χ4v) is 4.22. The molecule has 10 heteroatoms. The van der Waals surface area contributed by atoms with Crippen molar-refractivity contribution in [3.8, 4) is 5.75 Å². The fraction of sp³-hybridized carbons (Fsp3) is 0.429. The first-order chi connectivity index (χ1) is 14.8. The third-order valence-electron chi connectivity index (χ3n) is 6.20. The lowest BCUT2D eigenvalue weighted by atomic mass is 9.77. The molecule has 164 valence electrons. The minimum atomic E-state index is -0.730. The molecule has 31 heavy (non-hydrogen) atoms. The molecule has 0 atom stereocenters. The maximum atomic E-state index is 13.0. The first kappa shape index (κ1) is 20.8. The lowest BCUT2D eigenvalue weighted by molar-refractivity contribution is -0.128.